The van der Waals surface area contributed by atoms with E-state index in [1.165, 1.54) is 0 Å². The molecule has 2 aliphatic heterocycles. The maximum absolute atomic E-state index is 12.8. The maximum Gasteiger partial charge on any atom is 0.225 e. The molecule has 1 aliphatic carbocycles. The zero-order valence-electron chi connectivity index (χ0n) is 22.1. The van der Waals surface area contributed by atoms with Gasteiger partial charge in [-0.25, -0.2) is 9.67 Å². The molecule has 6 rings (SSSR count). The summed E-state index contributed by atoms with van der Waals surface area (Å²) in [5, 5.41) is 9.00. The lowest BCUT2D eigenvalue weighted by molar-refractivity contribution is -0.141. The number of carbonyl (C=O) groups is 1. The zero-order valence-corrected chi connectivity index (χ0v) is 22.1. The molecule has 4 heterocycles. The van der Waals surface area contributed by atoms with Crippen molar-refractivity contribution < 1.29 is 19.0 Å². The van der Waals surface area contributed by atoms with Crippen LogP contribution in [0.3, 0.4) is 0 Å². The molecule has 0 bridgehead atoms. The molecule has 1 saturated carbocycles. The first-order valence-electron chi connectivity index (χ1n) is 13.8. The Morgan fingerprint density at radius 2 is 1.97 bits per heavy atom. The first-order valence-corrected chi connectivity index (χ1v) is 13.8. The Morgan fingerprint density at radius 1 is 1.16 bits per heavy atom. The van der Waals surface area contributed by atoms with Crippen molar-refractivity contribution in [2.45, 2.75) is 70.3 Å². The number of nitrogens with zero attached hydrogens (tertiary/aromatic N) is 5. The van der Waals surface area contributed by atoms with E-state index in [4.69, 9.17) is 19.2 Å². The van der Waals surface area contributed by atoms with Gasteiger partial charge in [0.15, 0.2) is 11.6 Å². The van der Waals surface area contributed by atoms with Crippen LogP contribution in [0.15, 0.2) is 36.7 Å². The predicted molar refractivity (Wildman–Crippen MR) is 142 cm³/mol. The van der Waals surface area contributed by atoms with E-state index in [1.807, 2.05) is 43.0 Å². The van der Waals surface area contributed by atoms with Gasteiger partial charge in [-0.2, -0.15) is 10.1 Å². The van der Waals surface area contributed by atoms with Crippen LogP contribution in [0.2, 0.25) is 0 Å². The van der Waals surface area contributed by atoms with Crippen LogP contribution in [0.5, 0.6) is 5.75 Å². The topological polar surface area (TPSA) is 104 Å². The minimum absolute atomic E-state index is 0.112. The number of fused-ring (bicyclic) bond motifs is 1. The fourth-order valence-corrected chi connectivity index (χ4v) is 5.76. The molecule has 1 aromatic carbocycles. The van der Waals surface area contributed by atoms with Gasteiger partial charge < -0.3 is 24.4 Å². The Bertz CT molecular complexity index is 1280. The molecule has 1 unspecified atom stereocenters. The summed E-state index contributed by atoms with van der Waals surface area (Å²) in [6, 6.07) is 8.00. The highest BCUT2D eigenvalue weighted by Gasteiger charge is 2.33. The molecule has 0 spiro atoms. The molecule has 1 atom stereocenters. The molecule has 2 saturated heterocycles. The molecule has 0 radical (unpaired) electrons. The quantitative estimate of drug-likeness (QED) is 0.500. The molecule has 3 fully saturated rings. The summed E-state index contributed by atoms with van der Waals surface area (Å²) in [4.78, 5) is 24.0. The number of rotatable bonds is 7. The predicted octanol–water partition coefficient (Wildman–Crippen LogP) is 3.94. The second-order valence-corrected chi connectivity index (χ2v) is 11.0. The normalized spacial score (nSPS) is 25.1. The van der Waals surface area contributed by atoms with Crippen molar-refractivity contribution in [1.82, 2.24) is 24.6 Å². The summed E-state index contributed by atoms with van der Waals surface area (Å²) in [6.07, 6.45) is 9.42. The highest BCUT2D eigenvalue weighted by molar-refractivity contribution is 5.86. The zero-order chi connectivity index (χ0) is 26.1. The molecule has 202 valence electrons. The first-order chi connectivity index (χ1) is 18.4. The van der Waals surface area contributed by atoms with Gasteiger partial charge in [0.1, 0.15) is 18.5 Å². The number of aromatic nitrogens is 4. The minimum atomic E-state index is -0.575. The monoisotopic (exact) mass is 520 g/mol. The molecule has 38 heavy (non-hydrogen) atoms. The fraction of sp³-hybridized carbons (Fsp3) is 0.571. The van der Waals surface area contributed by atoms with Gasteiger partial charge in [0.2, 0.25) is 11.9 Å². The van der Waals surface area contributed by atoms with Crippen molar-refractivity contribution in [3.8, 4) is 11.6 Å². The summed E-state index contributed by atoms with van der Waals surface area (Å²) >= 11 is 0. The number of nitrogens with one attached hydrogen (secondary N) is 1. The van der Waals surface area contributed by atoms with Gasteiger partial charge in [-0.3, -0.25) is 4.79 Å². The average Bonchev–Trinajstić information content (AvgIpc) is 3.68. The number of benzene rings is 1. The van der Waals surface area contributed by atoms with E-state index in [0.29, 0.717) is 30.9 Å². The number of ether oxygens (including phenoxy) is 3. The molecule has 3 aliphatic rings. The number of carbonyl (C=O) groups excluding carboxylic acids is 1. The Kier molecular flexibility index (Phi) is 6.92. The van der Waals surface area contributed by atoms with Gasteiger partial charge in [-0.05, 0) is 64.5 Å². The molecule has 3 aromatic rings. The Morgan fingerprint density at radius 3 is 2.74 bits per heavy atom. The summed E-state index contributed by atoms with van der Waals surface area (Å²) in [7, 11) is 0. The van der Waals surface area contributed by atoms with Crippen molar-refractivity contribution >= 4 is 22.8 Å². The second kappa shape index (κ2) is 10.5. The number of hydrogen-bond donors (Lipinski definition) is 1. The lowest BCUT2D eigenvalue weighted by Crippen LogP contribution is -2.37. The van der Waals surface area contributed by atoms with Crippen LogP contribution in [0.4, 0.5) is 5.95 Å². The van der Waals surface area contributed by atoms with Gasteiger partial charge in [0.05, 0.1) is 23.7 Å². The molecule has 2 aromatic heterocycles. The van der Waals surface area contributed by atoms with Crippen molar-refractivity contribution in [3.63, 3.8) is 0 Å². The number of hydrogen-bond acceptors (Lipinski definition) is 8. The standard InChI is InChI=1S/C28H36N6O4/c1-28(2)37-18-21(38-28)17-36-24-7-5-6-23-22(24)16-30-34(23)25-12-13-29-27(32-25)31-20-10-8-19(9-11-20)26(35)33-14-3-4-15-33/h5-7,12-13,16,19-21H,3-4,8-11,14-15,17-18H2,1-2H3,(H,29,31,32). The molecule has 10 nitrogen and oxygen atoms in total. The van der Waals surface area contributed by atoms with Crippen LogP contribution in [-0.2, 0) is 14.3 Å². The van der Waals surface area contributed by atoms with Crippen LogP contribution >= 0.6 is 0 Å². The number of amides is 1. The molecule has 1 amide bonds. The summed E-state index contributed by atoms with van der Waals surface area (Å²) in [5.74, 6) is 1.93. The van der Waals surface area contributed by atoms with Gasteiger partial charge >= 0.3 is 0 Å². The maximum atomic E-state index is 12.8. The SMILES string of the molecule is CC1(C)OCC(COc2cccc3c2cnn3-c2ccnc(NC3CCC(C(=O)N4CCCC4)CC3)n2)O1. The van der Waals surface area contributed by atoms with Crippen molar-refractivity contribution in [2.75, 3.05) is 31.6 Å². The van der Waals surface area contributed by atoms with E-state index < -0.39 is 5.79 Å². The third kappa shape index (κ3) is 5.33. The van der Waals surface area contributed by atoms with Crippen molar-refractivity contribution in [3.05, 3.63) is 36.7 Å². The first kappa shape index (κ1) is 25.1. The smallest absolute Gasteiger partial charge is 0.225 e. The van der Waals surface area contributed by atoms with Crippen LogP contribution in [-0.4, -0.2) is 74.8 Å². The van der Waals surface area contributed by atoms with Gasteiger partial charge in [0.25, 0.3) is 0 Å². The molecule has 1 N–H and O–H groups in total. The minimum Gasteiger partial charge on any atom is -0.490 e. The van der Waals surface area contributed by atoms with Crippen LogP contribution in [0, 0.1) is 5.92 Å². The van der Waals surface area contributed by atoms with Gasteiger partial charge in [-0.1, -0.05) is 6.07 Å². The highest BCUT2D eigenvalue weighted by Crippen LogP contribution is 2.30. The van der Waals surface area contributed by atoms with Gasteiger partial charge in [0, 0.05) is 37.3 Å². The van der Waals surface area contributed by atoms with E-state index >= 15 is 0 Å². The van der Waals surface area contributed by atoms with E-state index in [9.17, 15) is 4.79 Å². The summed E-state index contributed by atoms with van der Waals surface area (Å²) < 4.78 is 19.4. The van der Waals surface area contributed by atoms with Gasteiger partial charge in [-0.15, -0.1) is 0 Å². The lowest BCUT2D eigenvalue weighted by atomic mass is 9.85. The fourth-order valence-electron chi connectivity index (χ4n) is 5.76. The third-order valence-corrected chi connectivity index (χ3v) is 7.75. The average molecular weight is 521 g/mol. The van der Waals surface area contributed by atoms with E-state index in [1.54, 1.807) is 17.1 Å². The molecule has 10 heteroatoms. The molecular formula is C28H36N6O4. The third-order valence-electron chi connectivity index (χ3n) is 7.75. The Balaban J connectivity index is 1.10. The van der Waals surface area contributed by atoms with Crippen LogP contribution in [0.25, 0.3) is 16.7 Å². The highest BCUT2D eigenvalue weighted by atomic mass is 16.7. The summed E-state index contributed by atoms with van der Waals surface area (Å²) in [6.45, 7) is 6.58. The Labute approximate surface area is 222 Å². The second-order valence-electron chi connectivity index (χ2n) is 11.0. The number of likely N-dealkylation sites (tertiary alicyclic amines) is 1. The van der Waals surface area contributed by atoms with Crippen molar-refractivity contribution in [1.29, 1.82) is 0 Å². The van der Waals surface area contributed by atoms with E-state index in [0.717, 1.165) is 68.3 Å². The van der Waals surface area contributed by atoms with Crippen LogP contribution in [0.1, 0.15) is 52.4 Å². The largest absolute Gasteiger partial charge is 0.490 e. The van der Waals surface area contributed by atoms with E-state index in [2.05, 4.69) is 15.4 Å². The lowest BCUT2D eigenvalue weighted by Gasteiger charge is -2.30. The number of anilines is 1. The Hall–Kier alpha value is -3.24. The molecular weight excluding hydrogens is 484 g/mol. The summed E-state index contributed by atoms with van der Waals surface area (Å²) in [5.41, 5.74) is 0.900. The van der Waals surface area contributed by atoms with E-state index in [-0.39, 0.29) is 18.1 Å². The van der Waals surface area contributed by atoms with Crippen LogP contribution < -0.4 is 10.1 Å². The van der Waals surface area contributed by atoms with Crippen molar-refractivity contribution in [2.24, 2.45) is 5.92 Å².